The Morgan fingerprint density at radius 2 is 1.76 bits per heavy atom. The monoisotopic (exact) mass is 364 g/mol. The Morgan fingerprint density at radius 3 is 2.38 bits per heavy atom. The molecule has 0 amide bonds. The number of rotatable bonds is 5. The van der Waals surface area contributed by atoms with Crippen molar-refractivity contribution >= 4 is 38.9 Å². The van der Waals surface area contributed by atoms with Gasteiger partial charge in [0.25, 0.3) is 0 Å². The maximum atomic E-state index is 5.27. The molecule has 2 aromatic carbocycles. The zero-order valence-corrected chi connectivity index (χ0v) is 14.1. The van der Waals surface area contributed by atoms with Crippen LogP contribution in [0.2, 0.25) is 0 Å². The van der Waals surface area contributed by atoms with Crippen molar-refractivity contribution in [1.82, 2.24) is 5.32 Å². The molecule has 2 aromatic rings. The molecule has 0 heterocycles. The first-order valence-corrected chi connectivity index (χ1v) is 7.81. The van der Waals surface area contributed by atoms with Crippen molar-refractivity contribution in [2.24, 2.45) is 0 Å². The van der Waals surface area contributed by atoms with Crippen LogP contribution in [-0.4, -0.2) is 18.8 Å². The number of benzene rings is 2. The fourth-order valence-electron chi connectivity index (χ4n) is 1.82. The van der Waals surface area contributed by atoms with Crippen molar-refractivity contribution in [3.63, 3.8) is 0 Å². The van der Waals surface area contributed by atoms with Crippen LogP contribution in [0.15, 0.2) is 53.0 Å². The van der Waals surface area contributed by atoms with E-state index in [2.05, 4.69) is 38.7 Å². The first kappa shape index (κ1) is 15.8. The van der Waals surface area contributed by atoms with E-state index in [0.717, 1.165) is 28.9 Å². The first-order valence-electron chi connectivity index (χ1n) is 6.61. The third-order valence-corrected chi connectivity index (χ3v) is 3.74. The SMILES string of the molecule is COc1ccc(CCNC(=S)Nc2ccc(Br)cc2)cc1. The molecule has 0 radical (unpaired) electrons. The fourth-order valence-corrected chi connectivity index (χ4v) is 2.31. The van der Waals surface area contributed by atoms with E-state index in [0.29, 0.717) is 5.11 Å². The lowest BCUT2D eigenvalue weighted by Crippen LogP contribution is -2.30. The Morgan fingerprint density at radius 1 is 1.10 bits per heavy atom. The third kappa shape index (κ3) is 5.36. The summed E-state index contributed by atoms with van der Waals surface area (Å²) < 4.78 is 6.18. The largest absolute Gasteiger partial charge is 0.497 e. The van der Waals surface area contributed by atoms with E-state index in [9.17, 15) is 0 Å². The zero-order valence-electron chi connectivity index (χ0n) is 11.7. The number of methoxy groups -OCH3 is 1. The lowest BCUT2D eigenvalue weighted by Gasteiger charge is -2.10. The van der Waals surface area contributed by atoms with E-state index in [1.165, 1.54) is 5.56 Å². The fraction of sp³-hybridized carbons (Fsp3) is 0.188. The molecule has 0 aliphatic rings. The second-order valence-corrected chi connectivity index (χ2v) is 5.81. The van der Waals surface area contributed by atoms with Gasteiger partial charge in [-0.15, -0.1) is 0 Å². The number of hydrogen-bond donors (Lipinski definition) is 2. The van der Waals surface area contributed by atoms with Crippen LogP contribution < -0.4 is 15.4 Å². The van der Waals surface area contributed by atoms with Gasteiger partial charge in [0.1, 0.15) is 5.75 Å². The average molecular weight is 365 g/mol. The molecule has 0 bridgehead atoms. The summed E-state index contributed by atoms with van der Waals surface area (Å²) in [4.78, 5) is 0. The summed E-state index contributed by atoms with van der Waals surface area (Å²) in [6, 6.07) is 16.0. The molecule has 0 fully saturated rings. The molecule has 2 rings (SSSR count). The van der Waals surface area contributed by atoms with Crippen LogP contribution in [0.1, 0.15) is 5.56 Å². The zero-order chi connectivity index (χ0) is 15.1. The summed E-state index contributed by atoms with van der Waals surface area (Å²) in [5.74, 6) is 0.874. The van der Waals surface area contributed by atoms with Crippen LogP contribution in [0.25, 0.3) is 0 Å². The van der Waals surface area contributed by atoms with Crippen molar-refractivity contribution in [2.45, 2.75) is 6.42 Å². The van der Waals surface area contributed by atoms with E-state index in [1.54, 1.807) is 7.11 Å². The second kappa shape index (κ2) is 8.00. The maximum Gasteiger partial charge on any atom is 0.170 e. The van der Waals surface area contributed by atoms with Crippen molar-refractivity contribution in [2.75, 3.05) is 19.0 Å². The smallest absolute Gasteiger partial charge is 0.170 e. The summed E-state index contributed by atoms with van der Waals surface area (Å²) in [5.41, 5.74) is 2.22. The van der Waals surface area contributed by atoms with Crippen molar-refractivity contribution in [3.8, 4) is 5.75 Å². The highest BCUT2D eigenvalue weighted by atomic mass is 79.9. The van der Waals surface area contributed by atoms with Crippen LogP contribution in [0.5, 0.6) is 5.75 Å². The molecule has 0 aromatic heterocycles. The number of halogens is 1. The summed E-state index contributed by atoms with van der Waals surface area (Å²) in [5, 5.41) is 6.98. The molecule has 0 spiro atoms. The van der Waals surface area contributed by atoms with Crippen molar-refractivity contribution in [1.29, 1.82) is 0 Å². The number of nitrogens with one attached hydrogen (secondary N) is 2. The van der Waals surface area contributed by atoms with Gasteiger partial charge in [-0.2, -0.15) is 0 Å². The Kier molecular flexibility index (Phi) is 6.02. The normalized spacial score (nSPS) is 10.0. The number of ether oxygens (including phenoxy) is 1. The minimum absolute atomic E-state index is 0.630. The average Bonchev–Trinajstić information content (AvgIpc) is 2.50. The van der Waals surface area contributed by atoms with Gasteiger partial charge in [0.2, 0.25) is 0 Å². The molecular formula is C16H17BrN2OS. The summed E-state index contributed by atoms with van der Waals surface area (Å²) >= 11 is 8.67. The maximum absolute atomic E-state index is 5.27. The molecular weight excluding hydrogens is 348 g/mol. The van der Waals surface area contributed by atoms with Gasteiger partial charge >= 0.3 is 0 Å². The molecule has 0 saturated carbocycles. The lowest BCUT2D eigenvalue weighted by atomic mass is 10.1. The van der Waals surface area contributed by atoms with Crippen LogP contribution >= 0.6 is 28.1 Å². The van der Waals surface area contributed by atoms with E-state index in [1.807, 2.05) is 36.4 Å². The molecule has 110 valence electrons. The van der Waals surface area contributed by atoms with E-state index in [-0.39, 0.29) is 0 Å². The Balaban J connectivity index is 1.74. The molecule has 3 nitrogen and oxygen atoms in total. The van der Waals surface area contributed by atoms with Gasteiger partial charge in [0.05, 0.1) is 7.11 Å². The molecule has 0 atom stereocenters. The lowest BCUT2D eigenvalue weighted by molar-refractivity contribution is 0.414. The van der Waals surface area contributed by atoms with Crippen molar-refractivity contribution in [3.05, 3.63) is 58.6 Å². The second-order valence-electron chi connectivity index (χ2n) is 4.49. The summed E-state index contributed by atoms with van der Waals surface area (Å²) in [6.45, 7) is 0.786. The van der Waals surface area contributed by atoms with Gasteiger partial charge in [0.15, 0.2) is 5.11 Å². The number of hydrogen-bond acceptors (Lipinski definition) is 2. The minimum atomic E-state index is 0.630. The molecule has 21 heavy (non-hydrogen) atoms. The van der Waals surface area contributed by atoms with Gasteiger partial charge in [-0.3, -0.25) is 0 Å². The van der Waals surface area contributed by atoms with E-state index in [4.69, 9.17) is 17.0 Å². The molecule has 0 saturated heterocycles. The molecule has 0 aliphatic heterocycles. The molecule has 5 heteroatoms. The quantitative estimate of drug-likeness (QED) is 0.786. The highest BCUT2D eigenvalue weighted by Gasteiger charge is 1.99. The van der Waals surface area contributed by atoms with Crippen LogP contribution in [0.4, 0.5) is 5.69 Å². The highest BCUT2D eigenvalue weighted by molar-refractivity contribution is 9.10. The first-order chi connectivity index (χ1) is 10.2. The van der Waals surface area contributed by atoms with E-state index < -0.39 is 0 Å². The van der Waals surface area contributed by atoms with E-state index >= 15 is 0 Å². The van der Waals surface area contributed by atoms with Gasteiger partial charge in [-0.05, 0) is 60.6 Å². The van der Waals surface area contributed by atoms with Crippen LogP contribution in [-0.2, 0) is 6.42 Å². The standard InChI is InChI=1S/C16H17BrN2OS/c1-20-15-8-2-12(3-9-15)10-11-18-16(21)19-14-6-4-13(17)5-7-14/h2-9H,10-11H2,1H3,(H2,18,19,21). The Labute approximate surface area is 138 Å². The van der Waals surface area contributed by atoms with Crippen LogP contribution in [0, 0.1) is 0 Å². The topological polar surface area (TPSA) is 33.3 Å². The minimum Gasteiger partial charge on any atom is -0.497 e. The predicted octanol–water partition coefficient (Wildman–Crippen LogP) is 3.99. The number of thiocarbonyl (C=S) groups is 1. The van der Waals surface area contributed by atoms with Gasteiger partial charge in [-0.1, -0.05) is 28.1 Å². The molecule has 0 aliphatic carbocycles. The van der Waals surface area contributed by atoms with Crippen LogP contribution in [0.3, 0.4) is 0 Å². The predicted molar refractivity (Wildman–Crippen MR) is 95.1 cm³/mol. The number of anilines is 1. The third-order valence-electron chi connectivity index (χ3n) is 2.96. The van der Waals surface area contributed by atoms with Gasteiger partial charge in [0, 0.05) is 16.7 Å². The molecule has 0 unspecified atom stereocenters. The Bertz CT molecular complexity index is 584. The summed E-state index contributed by atoms with van der Waals surface area (Å²) in [7, 11) is 1.67. The van der Waals surface area contributed by atoms with Crippen molar-refractivity contribution < 1.29 is 4.74 Å². The highest BCUT2D eigenvalue weighted by Crippen LogP contribution is 2.14. The Hall–Kier alpha value is -1.59. The van der Waals surface area contributed by atoms with Gasteiger partial charge < -0.3 is 15.4 Å². The molecule has 2 N–H and O–H groups in total. The van der Waals surface area contributed by atoms with Gasteiger partial charge in [-0.25, -0.2) is 0 Å². The summed E-state index contributed by atoms with van der Waals surface area (Å²) in [6.07, 6.45) is 0.909.